The molecule has 9 nitrogen and oxygen atoms in total. The quantitative estimate of drug-likeness (QED) is 0.358. The van der Waals surface area contributed by atoms with Crippen LogP contribution in [0.1, 0.15) is 25.5 Å². The van der Waals surface area contributed by atoms with Crippen molar-refractivity contribution in [3.63, 3.8) is 0 Å². The summed E-state index contributed by atoms with van der Waals surface area (Å²) in [6, 6.07) is 10.3. The average molecular weight is 544 g/mol. The third-order valence-corrected chi connectivity index (χ3v) is 8.26. The van der Waals surface area contributed by atoms with E-state index in [2.05, 4.69) is 16.5 Å². The van der Waals surface area contributed by atoms with Gasteiger partial charge in [-0.05, 0) is 61.6 Å². The van der Waals surface area contributed by atoms with Gasteiger partial charge in [-0.3, -0.25) is 0 Å². The van der Waals surface area contributed by atoms with E-state index in [1.807, 2.05) is 34.0 Å². The third kappa shape index (κ3) is 5.60. The molecule has 5 rings (SSSR count). The molecule has 0 radical (unpaired) electrons. The Labute approximate surface area is 220 Å². The molecule has 4 heterocycles. The van der Waals surface area contributed by atoms with Crippen LogP contribution in [0.4, 0.5) is 21.2 Å². The van der Waals surface area contributed by atoms with E-state index in [4.69, 9.17) is 15.1 Å². The Balaban J connectivity index is 1.39. The van der Waals surface area contributed by atoms with Gasteiger partial charge in [0.15, 0.2) is 16.6 Å². The zero-order valence-electron chi connectivity index (χ0n) is 21.1. The zero-order chi connectivity index (χ0) is 26.2. The number of nitrogens with zero attached hydrogens (tertiary/aromatic N) is 6. The number of sulfonamides is 1. The number of anilines is 3. The second-order valence-electron chi connectivity index (χ2n) is 9.33. The van der Waals surface area contributed by atoms with Gasteiger partial charge in [-0.25, -0.2) is 27.5 Å². The summed E-state index contributed by atoms with van der Waals surface area (Å²) < 4.78 is 40.7. The fourth-order valence-electron chi connectivity index (χ4n) is 4.60. The standard InChI is InChI=1S/C25H30FN7O2S2/c1-4-20-24(31(2)25-29-21(16-36-25)18-5-7-19(26)8-6-18)33-22(28-20)9-10-23(30-33)32-13-11-17(12-14-32)15-27-37(3,34)35/h5-10,16-17,27H,4,11-15H2,1-3H3. The largest absolute Gasteiger partial charge is 0.355 e. The Hall–Kier alpha value is -3.09. The number of hydrogen-bond donors (Lipinski definition) is 1. The highest BCUT2D eigenvalue weighted by atomic mass is 32.2. The fourth-order valence-corrected chi connectivity index (χ4v) is 5.94. The highest BCUT2D eigenvalue weighted by Crippen LogP contribution is 2.34. The van der Waals surface area contributed by atoms with Crippen LogP contribution < -0.4 is 14.5 Å². The highest BCUT2D eigenvalue weighted by molar-refractivity contribution is 7.88. The van der Waals surface area contributed by atoms with E-state index in [0.29, 0.717) is 12.5 Å². The Morgan fingerprint density at radius 2 is 1.86 bits per heavy atom. The number of benzene rings is 1. The van der Waals surface area contributed by atoms with Crippen LogP contribution in [0, 0.1) is 11.7 Å². The smallest absolute Gasteiger partial charge is 0.208 e. The van der Waals surface area contributed by atoms with Gasteiger partial charge in [-0.15, -0.1) is 16.4 Å². The van der Waals surface area contributed by atoms with E-state index in [1.54, 1.807) is 12.1 Å². The molecule has 1 aliphatic heterocycles. The van der Waals surface area contributed by atoms with Crippen molar-refractivity contribution in [2.75, 3.05) is 42.7 Å². The zero-order valence-corrected chi connectivity index (χ0v) is 22.7. The lowest BCUT2D eigenvalue weighted by Gasteiger charge is -2.32. The minimum absolute atomic E-state index is 0.272. The van der Waals surface area contributed by atoms with Crippen molar-refractivity contribution in [2.45, 2.75) is 26.2 Å². The van der Waals surface area contributed by atoms with E-state index in [9.17, 15) is 12.8 Å². The molecule has 37 heavy (non-hydrogen) atoms. The van der Waals surface area contributed by atoms with Gasteiger partial charge in [0.25, 0.3) is 0 Å². The first-order valence-electron chi connectivity index (χ1n) is 12.2. The second-order valence-corrected chi connectivity index (χ2v) is 12.0. The molecule has 1 aliphatic rings. The maximum atomic E-state index is 13.3. The van der Waals surface area contributed by atoms with Gasteiger partial charge in [-0.1, -0.05) is 6.92 Å². The fraction of sp³-hybridized carbons (Fsp3) is 0.400. The van der Waals surface area contributed by atoms with Crippen molar-refractivity contribution in [3.8, 4) is 11.3 Å². The summed E-state index contributed by atoms with van der Waals surface area (Å²) in [5.74, 6) is 1.78. The number of piperidine rings is 1. The van der Waals surface area contributed by atoms with Gasteiger partial charge in [-0.2, -0.15) is 4.52 Å². The van der Waals surface area contributed by atoms with Crippen molar-refractivity contribution in [1.82, 2.24) is 24.3 Å². The minimum atomic E-state index is -3.18. The van der Waals surface area contributed by atoms with Crippen molar-refractivity contribution in [3.05, 3.63) is 53.3 Å². The molecule has 196 valence electrons. The van der Waals surface area contributed by atoms with Crippen LogP contribution in [-0.2, 0) is 16.4 Å². The first kappa shape index (κ1) is 25.6. The molecular formula is C25H30FN7O2S2. The van der Waals surface area contributed by atoms with Crippen molar-refractivity contribution in [1.29, 1.82) is 0 Å². The van der Waals surface area contributed by atoms with Crippen LogP contribution in [0.5, 0.6) is 0 Å². The summed E-state index contributed by atoms with van der Waals surface area (Å²) in [4.78, 5) is 13.9. The molecule has 1 fully saturated rings. The Morgan fingerprint density at radius 1 is 1.14 bits per heavy atom. The molecule has 1 saturated heterocycles. The van der Waals surface area contributed by atoms with Gasteiger partial charge >= 0.3 is 0 Å². The number of thiazole rings is 1. The summed E-state index contributed by atoms with van der Waals surface area (Å²) in [6.45, 7) is 4.16. The van der Waals surface area contributed by atoms with Crippen LogP contribution in [-0.4, -0.2) is 60.9 Å². The Kier molecular flexibility index (Phi) is 7.15. The topological polar surface area (TPSA) is 95.7 Å². The summed E-state index contributed by atoms with van der Waals surface area (Å²) in [5, 5.41) is 7.72. The first-order valence-corrected chi connectivity index (χ1v) is 15.0. The van der Waals surface area contributed by atoms with Crippen LogP contribution >= 0.6 is 11.3 Å². The normalized spacial score (nSPS) is 15.0. The molecular weight excluding hydrogens is 513 g/mol. The van der Waals surface area contributed by atoms with Crippen LogP contribution in [0.2, 0.25) is 0 Å². The number of imidazole rings is 1. The first-order chi connectivity index (χ1) is 17.7. The van der Waals surface area contributed by atoms with E-state index < -0.39 is 10.0 Å². The van der Waals surface area contributed by atoms with E-state index in [0.717, 1.165) is 71.7 Å². The van der Waals surface area contributed by atoms with Crippen LogP contribution in [0.15, 0.2) is 41.8 Å². The monoisotopic (exact) mass is 543 g/mol. The van der Waals surface area contributed by atoms with E-state index >= 15 is 0 Å². The molecule has 1 aromatic carbocycles. The highest BCUT2D eigenvalue weighted by Gasteiger charge is 2.24. The lowest BCUT2D eigenvalue weighted by Crippen LogP contribution is -2.39. The van der Waals surface area contributed by atoms with Gasteiger partial charge in [0, 0.05) is 37.6 Å². The number of fused-ring (bicyclic) bond motifs is 1. The van der Waals surface area contributed by atoms with Crippen LogP contribution in [0.3, 0.4) is 0 Å². The molecule has 3 aromatic heterocycles. The predicted molar refractivity (Wildman–Crippen MR) is 146 cm³/mol. The molecule has 1 N–H and O–H groups in total. The summed E-state index contributed by atoms with van der Waals surface area (Å²) in [5.41, 5.74) is 3.35. The summed E-state index contributed by atoms with van der Waals surface area (Å²) >= 11 is 1.51. The number of rotatable bonds is 8. The third-order valence-electron chi connectivity index (χ3n) is 6.65. The Morgan fingerprint density at radius 3 is 2.54 bits per heavy atom. The number of halogens is 1. The predicted octanol–water partition coefficient (Wildman–Crippen LogP) is 4.09. The lowest BCUT2D eigenvalue weighted by atomic mass is 9.97. The Bertz CT molecular complexity index is 1490. The SMILES string of the molecule is CCc1nc2ccc(N3CCC(CNS(C)(=O)=O)CC3)nn2c1N(C)c1nc(-c2ccc(F)cc2)cs1. The maximum Gasteiger partial charge on any atom is 0.208 e. The summed E-state index contributed by atoms with van der Waals surface area (Å²) in [6.07, 6.45) is 3.73. The molecule has 12 heteroatoms. The summed E-state index contributed by atoms with van der Waals surface area (Å²) in [7, 11) is -1.21. The number of aromatic nitrogens is 4. The molecule has 0 aliphatic carbocycles. The molecule has 0 bridgehead atoms. The minimum Gasteiger partial charge on any atom is -0.355 e. The van der Waals surface area contributed by atoms with Gasteiger partial charge < -0.3 is 9.80 Å². The van der Waals surface area contributed by atoms with Crippen LogP contribution in [0.25, 0.3) is 16.9 Å². The molecule has 0 atom stereocenters. The van der Waals surface area contributed by atoms with Gasteiger partial charge in [0.05, 0.1) is 17.6 Å². The lowest BCUT2D eigenvalue weighted by molar-refractivity contribution is 0.400. The molecule has 0 saturated carbocycles. The van der Waals surface area contributed by atoms with Gasteiger partial charge in [0.1, 0.15) is 11.6 Å². The molecule has 0 spiro atoms. The number of nitrogens with one attached hydrogen (secondary N) is 1. The van der Waals surface area contributed by atoms with Gasteiger partial charge in [0.2, 0.25) is 10.0 Å². The molecule has 0 amide bonds. The molecule has 0 unspecified atom stereocenters. The second kappa shape index (κ2) is 10.3. The number of aryl methyl sites for hydroxylation is 1. The maximum absolute atomic E-state index is 13.3. The van der Waals surface area contributed by atoms with E-state index in [1.165, 1.54) is 29.7 Å². The average Bonchev–Trinajstić information content (AvgIpc) is 3.52. The van der Waals surface area contributed by atoms with Crippen molar-refractivity contribution >= 4 is 43.8 Å². The number of hydrogen-bond acceptors (Lipinski definition) is 8. The molecule has 4 aromatic rings. The van der Waals surface area contributed by atoms with Crippen molar-refractivity contribution < 1.29 is 12.8 Å². The van der Waals surface area contributed by atoms with E-state index in [-0.39, 0.29) is 5.82 Å². The van der Waals surface area contributed by atoms with Crippen molar-refractivity contribution in [2.24, 2.45) is 5.92 Å².